The molecule has 3 nitrogen and oxygen atoms in total. The SMILES string of the molecule is CC(C)(C)[Si](C)(C)On1nc(I)c2ccccc21. The van der Waals surface area contributed by atoms with E-state index in [2.05, 4.69) is 73.7 Å². The quantitative estimate of drug-likeness (QED) is 0.585. The predicted octanol–water partition coefficient (Wildman–Crippen LogP) is 4.07. The van der Waals surface area contributed by atoms with Gasteiger partial charge in [-0.2, -0.15) is 0 Å². The summed E-state index contributed by atoms with van der Waals surface area (Å²) in [6, 6.07) is 8.18. The first-order chi connectivity index (χ1) is 8.22. The molecule has 0 amide bonds. The number of nitrogens with zero attached hydrogens (tertiary/aromatic N) is 2. The van der Waals surface area contributed by atoms with E-state index in [9.17, 15) is 0 Å². The topological polar surface area (TPSA) is 27.1 Å². The van der Waals surface area contributed by atoms with Crippen molar-refractivity contribution in [1.29, 1.82) is 0 Å². The molecular weight excluding hydrogens is 355 g/mol. The molecule has 5 heteroatoms. The Morgan fingerprint density at radius 2 is 1.83 bits per heavy atom. The first-order valence-corrected chi connectivity index (χ1v) is 10.0. The van der Waals surface area contributed by atoms with Crippen LogP contribution in [0.1, 0.15) is 20.8 Å². The zero-order chi connectivity index (χ0) is 13.6. The molecule has 0 aliphatic rings. The molecule has 0 bridgehead atoms. The minimum atomic E-state index is -1.85. The number of hydrogen-bond donors (Lipinski definition) is 0. The Morgan fingerprint density at radius 1 is 1.22 bits per heavy atom. The monoisotopic (exact) mass is 374 g/mol. The molecule has 0 saturated carbocycles. The molecule has 0 atom stereocenters. The average Bonchev–Trinajstić information content (AvgIpc) is 2.55. The highest BCUT2D eigenvalue weighted by atomic mass is 127. The third-order valence-electron chi connectivity index (χ3n) is 3.63. The van der Waals surface area contributed by atoms with E-state index < -0.39 is 8.32 Å². The molecule has 1 aromatic heterocycles. The Balaban J connectivity index is 2.45. The maximum Gasteiger partial charge on any atom is 0.286 e. The molecule has 1 aromatic carbocycles. The lowest BCUT2D eigenvalue weighted by atomic mass is 10.2. The maximum absolute atomic E-state index is 6.24. The van der Waals surface area contributed by atoms with Crippen molar-refractivity contribution in [3.8, 4) is 0 Å². The Morgan fingerprint density at radius 3 is 2.44 bits per heavy atom. The van der Waals surface area contributed by atoms with E-state index in [0.29, 0.717) is 0 Å². The van der Waals surface area contributed by atoms with Gasteiger partial charge in [-0.25, -0.2) is 0 Å². The summed E-state index contributed by atoms with van der Waals surface area (Å²) in [5, 5.41) is 5.83. The van der Waals surface area contributed by atoms with Gasteiger partial charge in [0.05, 0.1) is 0 Å². The second-order valence-corrected chi connectivity index (χ2v) is 11.8. The first-order valence-electron chi connectivity index (χ1n) is 6.05. The van der Waals surface area contributed by atoms with Crippen LogP contribution in [-0.2, 0) is 0 Å². The Labute approximate surface area is 123 Å². The maximum atomic E-state index is 6.24. The molecule has 0 N–H and O–H groups in total. The van der Waals surface area contributed by atoms with Crippen molar-refractivity contribution < 1.29 is 4.53 Å². The number of hydrogen-bond acceptors (Lipinski definition) is 2. The molecule has 0 radical (unpaired) electrons. The summed E-state index contributed by atoms with van der Waals surface area (Å²) < 4.78 is 7.23. The van der Waals surface area contributed by atoms with Gasteiger partial charge in [-0.05, 0) is 52.9 Å². The fourth-order valence-electron chi connectivity index (χ4n) is 1.43. The third kappa shape index (κ3) is 2.42. The van der Waals surface area contributed by atoms with Crippen molar-refractivity contribution in [3.63, 3.8) is 0 Å². The van der Waals surface area contributed by atoms with Crippen molar-refractivity contribution in [1.82, 2.24) is 9.94 Å². The molecule has 0 aliphatic heterocycles. The largest absolute Gasteiger partial charge is 0.455 e. The number of halogens is 1. The summed E-state index contributed by atoms with van der Waals surface area (Å²) >= 11 is 2.25. The fourth-order valence-corrected chi connectivity index (χ4v) is 2.92. The number of aromatic nitrogens is 2. The van der Waals surface area contributed by atoms with Gasteiger partial charge in [0.2, 0.25) is 0 Å². The summed E-state index contributed by atoms with van der Waals surface area (Å²) in [4.78, 5) is 1.72. The molecule has 1 heterocycles. The second kappa shape index (κ2) is 4.52. The molecular formula is C13H19IN2OSi. The molecule has 0 spiro atoms. The van der Waals surface area contributed by atoms with Crippen molar-refractivity contribution in [2.75, 3.05) is 0 Å². The molecule has 98 valence electrons. The van der Waals surface area contributed by atoms with Gasteiger partial charge in [0.1, 0.15) is 9.22 Å². The average molecular weight is 374 g/mol. The highest BCUT2D eigenvalue weighted by Crippen LogP contribution is 2.35. The van der Waals surface area contributed by atoms with Gasteiger partial charge >= 0.3 is 0 Å². The lowest BCUT2D eigenvalue weighted by Crippen LogP contribution is -2.48. The van der Waals surface area contributed by atoms with Gasteiger partial charge in [-0.15, -0.1) is 9.94 Å². The van der Waals surface area contributed by atoms with E-state index in [-0.39, 0.29) is 5.04 Å². The molecule has 0 saturated heterocycles. The van der Waals surface area contributed by atoms with Crippen LogP contribution in [0.2, 0.25) is 18.1 Å². The van der Waals surface area contributed by atoms with Crippen LogP contribution in [0.4, 0.5) is 0 Å². The Bertz CT molecular complexity index is 572. The third-order valence-corrected chi connectivity index (χ3v) is 8.67. The summed E-state index contributed by atoms with van der Waals surface area (Å²) in [7, 11) is -1.85. The van der Waals surface area contributed by atoms with E-state index in [4.69, 9.17) is 4.53 Å². The summed E-state index contributed by atoms with van der Waals surface area (Å²) in [5.74, 6) is 0. The van der Waals surface area contributed by atoms with Crippen molar-refractivity contribution in [3.05, 3.63) is 28.0 Å². The van der Waals surface area contributed by atoms with E-state index >= 15 is 0 Å². The summed E-state index contributed by atoms with van der Waals surface area (Å²) in [5.41, 5.74) is 1.05. The van der Waals surface area contributed by atoms with Crippen LogP contribution in [0.25, 0.3) is 10.9 Å². The number of fused-ring (bicyclic) bond motifs is 1. The van der Waals surface area contributed by atoms with Gasteiger partial charge < -0.3 is 4.53 Å². The summed E-state index contributed by atoms with van der Waals surface area (Å²) in [6.07, 6.45) is 0. The normalized spacial score (nSPS) is 13.0. The number of para-hydroxylation sites is 1. The van der Waals surface area contributed by atoms with Crippen LogP contribution < -0.4 is 4.53 Å². The van der Waals surface area contributed by atoms with Crippen molar-refractivity contribution in [2.24, 2.45) is 0 Å². The van der Waals surface area contributed by atoms with E-state index in [1.165, 1.54) is 0 Å². The molecule has 0 unspecified atom stereocenters. The highest BCUT2D eigenvalue weighted by Gasteiger charge is 2.40. The van der Waals surface area contributed by atoms with Crippen LogP contribution in [0, 0.1) is 3.70 Å². The molecule has 18 heavy (non-hydrogen) atoms. The van der Waals surface area contributed by atoms with Gasteiger partial charge in [0.25, 0.3) is 8.32 Å². The summed E-state index contributed by atoms with van der Waals surface area (Å²) in [6.45, 7) is 11.2. The molecule has 0 fully saturated rings. The standard InChI is InChI=1S/C13H19IN2OSi/c1-13(2,3)18(4,5)17-16-11-9-7-6-8-10(11)12(14)15-16/h6-9H,1-5H3. The van der Waals surface area contributed by atoms with E-state index in [1.807, 2.05) is 12.1 Å². The molecule has 0 aliphatic carbocycles. The zero-order valence-corrected chi connectivity index (χ0v) is 14.6. The lowest BCUT2D eigenvalue weighted by Gasteiger charge is -2.35. The van der Waals surface area contributed by atoms with Gasteiger partial charge in [0, 0.05) is 5.39 Å². The van der Waals surface area contributed by atoms with Crippen LogP contribution in [0.5, 0.6) is 0 Å². The predicted molar refractivity (Wildman–Crippen MR) is 86.2 cm³/mol. The molecule has 2 rings (SSSR count). The Hall–Kier alpha value is -0.563. The molecule has 2 aromatic rings. The van der Waals surface area contributed by atoms with Gasteiger partial charge in [-0.3, -0.25) is 0 Å². The first kappa shape index (κ1) is 13.9. The smallest absolute Gasteiger partial charge is 0.286 e. The van der Waals surface area contributed by atoms with Gasteiger partial charge in [-0.1, -0.05) is 32.9 Å². The van der Waals surface area contributed by atoms with Crippen LogP contribution in [0.3, 0.4) is 0 Å². The second-order valence-electron chi connectivity index (χ2n) is 6.03. The van der Waals surface area contributed by atoms with E-state index in [1.54, 1.807) is 4.85 Å². The van der Waals surface area contributed by atoms with E-state index in [0.717, 1.165) is 14.6 Å². The van der Waals surface area contributed by atoms with Crippen molar-refractivity contribution in [2.45, 2.75) is 38.9 Å². The number of rotatable bonds is 2. The minimum absolute atomic E-state index is 0.172. The lowest BCUT2D eigenvalue weighted by molar-refractivity contribution is 0.222. The highest BCUT2D eigenvalue weighted by molar-refractivity contribution is 14.1. The number of benzene rings is 1. The Kier molecular flexibility index (Phi) is 3.48. The van der Waals surface area contributed by atoms with Crippen molar-refractivity contribution >= 4 is 41.8 Å². The van der Waals surface area contributed by atoms with Crippen LogP contribution >= 0.6 is 22.6 Å². The zero-order valence-electron chi connectivity index (χ0n) is 11.5. The van der Waals surface area contributed by atoms with Crippen LogP contribution in [-0.4, -0.2) is 18.3 Å². The minimum Gasteiger partial charge on any atom is -0.455 e. The van der Waals surface area contributed by atoms with Gasteiger partial charge in [0.15, 0.2) is 0 Å². The van der Waals surface area contributed by atoms with Crippen LogP contribution in [0.15, 0.2) is 24.3 Å². The fraction of sp³-hybridized carbons (Fsp3) is 0.462.